The summed E-state index contributed by atoms with van der Waals surface area (Å²) in [7, 11) is 0. The molecule has 1 aromatic carbocycles. The number of amides is 2. The molecule has 62 heavy (non-hydrogen) atoms. The highest BCUT2D eigenvalue weighted by Crippen LogP contribution is 2.55. The van der Waals surface area contributed by atoms with Gasteiger partial charge < -0.3 is 29.6 Å². The van der Waals surface area contributed by atoms with E-state index in [0.29, 0.717) is 42.1 Å². The summed E-state index contributed by atoms with van der Waals surface area (Å²) in [5.74, 6) is 1.99. The molecule has 10 heteroatoms. The number of unbranched alkanes of at least 4 members (excludes halogenated alkanes) is 5. The summed E-state index contributed by atoms with van der Waals surface area (Å²) in [4.78, 5) is 52.0. The van der Waals surface area contributed by atoms with E-state index in [1.54, 1.807) is 0 Å². The van der Waals surface area contributed by atoms with Gasteiger partial charge in [0, 0.05) is 30.3 Å². The maximum absolute atomic E-state index is 13.0. The topological polar surface area (TPSA) is 129 Å². The van der Waals surface area contributed by atoms with Crippen molar-refractivity contribution < 1.29 is 38.1 Å². The zero-order valence-corrected chi connectivity index (χ0v) is 39.3. The maximum atomic E-state index is 13.0. The molecule has 344 valence electrons. The molecule has 6 rings (SSSR count). The summed E-state index contributed by atoms with van der Waals surface area (Å²) >= 11 is 0. The highest BCUT2D eigenvalue weighted by Gasteiger charge is 2.53. The number of rotatable bonds is 13. The number of ether oxygens (including phenoxy) is 4. The van der Waals surface area contributed by atoms with Crippen molar-refractivity contribution in [1.82, 2.24) is 10.6 Å². The van der Waals surface area contributed by atoms with Crippen LogP contribution in [0.15, 0.2) is 42.2 Å². The minimum Gasteiger partial charge on any atom is -0.444 e. The minimum absolute atomic E-state index is 0.00201. The molecule has 0 saturated heterocycles. The molecule has 4 bridgehead atoms. The number of hydrogen-bond acceptors (Lipinski definition) is 8. The van der Waals surface area contributed by atoms with Gasteiger partial charge in [0.25, 0.3) is 0 Å². The van der Waals surface area contributed by atoms with Gasteiger partial charge in [-0.25, -0.2) is 9.59 Å². The fourth-order valence-electron chi connectivity index (χ4n) is 11.7. The number of carbonyl (C=O) groups is 4. The smallest absolute Gasteiger partial charge is 0.407 e. The third-order valence-corrected chi connectivity index (χ3v) is 14.5. The van der Waals surface area contributed by atoms with Crippen LogP contribution in [0.25, 0.3) is 0 Å². The molecule has 8 atom stereocenters. The molecule has 1 aromatic rings. The summed E-state index contributed by atoms with van der Waals surface area (Å²) in [6.45, 7) is 15.9. The van der Waals surface area contributed by atoms with Crippen molar-refractivity contribution in [3.8, 4) is 5.75 Å². The number of hydrogen-bond donors (Lipinski definition) is 2. The summed E-state index contributed by atoms with van der Waals surface area (Å²) in [6.07, 6.45) is 24.6. The lowest BCUT2D eigenvalue weighted by atomic mass is 9.52. The lowest BCUT2D eigenvalue weighted by molar-refractivity contribution is -0.139. The van der Waals surface area contributed by atoms with Gasteiger partial charge in [-0.2, -0.15) is 0 Å². The van der Waals surface area contributed by atoms with E-state index < -0.39 is 11.2 Å². The Morgan fingerprint density at radius 2 is 1.27 bits per heavy atom. The molecule has 5 aliphatic carbocycles. The van der Waals surface area contributed by atoms with Gasteiger partial charge in [-0.05, 0) is 157 Å². The molecule has 0 aliphatic heterocycles. The molecule has 2 unspecified atom stereocenters. The Balaban J connectivity index is 0.921. The van der Waals surface area contributed by atoms with E-state index in [4.69, 9.17) is 18.9 Å². The molecule has 10 nitrogen and oxygen atoms in total. The Labute approximate surface area is 372 Å². The molecule has 0 radical (unpaired) electrons. The van der Waals surface area contributed by atoms with Gasteiger partial charge in [-0.15, -0.1) is 0 Å². The van der Waals surface area contributed by atoms with Gasteiger partial charge in [0.05, 0.1) is 0 Å². The second kappa shape index (κ2) is 20.3. The Hall–Kier alpha value is -3.82. The molecule has 0 heterocycles. The number of alkyl carbamates (subject to hydrolysis) is 2. The first-order chi connectivity index (χ1) is 29.3. The molecule has 0 aromatic heterocycles. The van der Waals surface area contributed by atoms with E-state index in [1.807, 2.05) is 59.8 Å². The summed E-state index contributed by atoms with van der Waals surface area (Å²) in [6, 6.07) is 6.04. The Morgan fingerprint density at radius 1 is 0.694 bits per heavy atom. The number of esters is 2. The third kappa shape index (κ3) is 12.5. The van der Waals surface area contributed by atoms with Crippen molar-refractivity contribution in [2.75, 3.05) is 0 Å². The predicted molar refractivity (Wildman–Crippen MR) is 243 cm³/mol. The standard InChI is InChI=1S/C52H78N2O8/c1-49(2,3)61-47(57)53-45-37-21-15-13-19-29-51(45,7)41-33-39(27-25-35(41)31-37)59-43(55)23-17-11-9-10-12-18-24-44(56)60-40-28-26-36-32-38-22-16-14-20-30-52(8,42(36)34-40)46(38)54-48(58)62-50(4,5)6/h25-28,33-35,37-38,41,45-46H,9-24,29-32H2,1-8H3,(H,53,57)(H,54,58)/t35?,37-,38-,41?,45-,46-,51+,52+/m0/s1. The summed E-state index contributed by atoms with van der Waals surface area (Å²) < 4.78 is 23.2. The second-order valence-electron chi connectivity index (χ2n) is 21.8. The van der Waals surface area contributed by atoms with E-state index in [0.717, 1.165) is 96.3 Å². The van der Waals surface area contributed by atoms with Crippen LogP contribution in [-0.4, -0.2) is 47.4 Å². The summed E-state index contributed by atoms with van der Waals surface area (Å²) in [5.41, 5.74) is 0.854. The fourth-order valence-corrected chi connectivity index (χ4v) is 11.7. The van der Waals surface area contributed by atoms with Crippen molar-refractivity contribution >= 4 is 24.1 Å². The van der Waals surface area contributed by atoms with Crippen LogP contribution in [0.4, 0.5) is 9.59 Å². The lowest BCUT2D eigenvalue weighted by Gasteiger charge is -2.55. The van der Waals surface area contributed by atoms with Crippen LogP contribution in [0.5, 0.6) is 5.75 Å². The van der Waals surface area contributed by atoms with E-state index in [2.05, 4.69) is 42.7 Å². The molecular weight excluding hydrogens is 781 g/mol. The van der Waals surface area contributed by atoms with Crippen LogP contribution in [0.2, 0.25) is 0 Å². The van der Waals surface area contributed by atoms with Gasteiger partial charge in [-0.1, -0.05) is 90.2 Å². The van der Waals surface area contributed by atoms with Gasteiger partial charge in [0.2, 0.25) is 0 Å². The van der Waals surface area contributed by atoms with E-state index in [1.165, 1.54) is 30.4 Å². The third-order valence-electron chi connectivity index (χ3n) is 14.5. The van der Waals surface area contributed by atoms with E-state index in [9.17, 15) is 19.2 Å². The van der Waals surface area contributed by atoms with Crippen molar-refractivity contribution in [2.45, 2.75) is 213 Å². The average molecular weight is 859 g/mol. The lowest BCUT2D eigenvalue weighted by Crippen LogP contribution is -2.59. The van der Waals surface area contributed by atoms with Crippen LogP contribution < -0.4 is 15.4 Å². The number of carbonyl (C=O) groups excluding carboxylic acids is 4. The molecule has 2 N–H and O–H groups in total. The molecule has 0 spiro atoms. The van der Waals surface area contributed by atoms with Gasteiger partial charge in [-0.3, -0.25) is 9.59 Å². The zero-order chi connectivity index (χ0) is 44.7. The summed E-state index contributed by atoms with van der Waals surface area (Å²) in [5, 5.41) is 6.59. The Morgan fingerprint density at radius 3 is 1.92 bits per heavy atom. The van der Waals surface area contributed by atoms with Gasteiger partial charge in [0.1, 0.15) is 22.7 Å². The van der Waals surface area contributed by atoms with Crippen LogP contribution in [0, 0.1) is 29.1 Å². The quantitative estimate of drug-likeness (QED) is 0.0868. The van der Waals surface area contributed by atoms with Gasteiger partial charge in [0.15, 0.2) is 0 Å². The highest BCUT2D eigenvalue weighted by molar-refractivity contribution is 5.73. The number of benzene rings is 1. The molecule has 5 aliphatic rings. The van der Waals surface area contributed by atoms with Crippen molar-refractivity contribution in [3.05, 3.63) is 53.3 Å². The largest absolute Gasteiger partial charge is 0.444 e. The molecular formula is C52H78N2O8. The SMILES string of the molecule is CC(C)(C)OC(=O)N[C@H]1[C@H]2CCCCC[C@]1(C)c1cc(OC(=O)CCCCCCCCC(=O)OC3=CC4C(C=C3)C[C@@H]3CCCCC[C@@]4(C)[C@H]3NC(=O)OC(C)(C)C)ccc1C2. The van der Waals surface area contributed by atoms with Crippen LogP contribution in [0.1, 0.15) is 189 Å². The Kier molecular flexibility index (Phi) is 15.6. The van der Waals surface area contributed by atoms with Gasteiger partial charge >= 0.3 is 24.1 Å². The minimum atomic E-state index is -0.571. The number of nitrogens with one attached hydrogen (secondary N) is 2. The van der Waals surface area contributed by atoms with Crippen molar-refractivity contribution in [1.29, 1.82) is 0 Å². The molecule has 3 fully saturated rings. The number of allylic oxidation sites excluding steroid dienone is 3. The van der Waals surface area contributed by atoms with Crippen molar-refractivity contribution in [2.24, 2.45) is 29.1 Å². The van der Waals surface area contributed by atoms with E-state index >= 15 is 0 Å². The number of fused-ring (bicyclic) bond motifs is 8. The highest BCUT2D eigenvalue weighted by atomic mass is 16.6. The van der Waals surface area contributed by atoms with E-state index in [-0.39, 0.29) is 53.0 Å². The molecule has 2 amide bonds. The first-order valence-corrected chi connectivity index (χ1v) is 24.3. The van der Waals surface area contributed by atoms with Crippen LogP contribution in [0.3, 0.4) is 0 Å². The predicted octanol–water partition coefficient (Wildman–Crippen LogP) is 12.1. The first kappa shape index (κ1) is 47.7. The van der Waals surface area contributed by atoms with Crippen LogP contribution in [-0.2, 0) is 35.6 Å². The fraction of sp³-hybridized carbons (Fsp3) is 0.731. The molecule has 3 saturated carbocycles. The zero-order valence-electron chi connectivity index (χ0n) is 39.3. The maximum Gasteiger partial charge on any atom is 0.407 e. The normalized spacial score (nSPS) is 29.5. The average Bonchev–Trinajstić information content (AvgIpc) is 3.17. The van der Waals surface area contributed by atoms with Crippen LogP contribution >= 0.6 is 0 Å². The monoisotopic (exact) mass is 859 g/mol. The first-order valence-electron chi connectivity index (χ1n) is 24.3. The second-order valence-corrected chi connectivity index (χ2v) is 21.8. The Bertz CT molecular complexity index is 1810. The van der Waals surface area contributed by atoms with Crippen molar-refractivity contribution in [3.63, 3.8) is 0 Å².